The highest BCUT2D eigenvalue weighted by atomic mass is 19.1. The monoisotopic (exact) mass is 829 g/mol. The van der Waals surface area contributed by atoms with E-state index in [0.717, 1.165) is 43.6 Å². The third kappa shape index (κ3) is 9.75. The SMILES string of the molecule is Cn1nc(C(=O)NCc2ccc(CNCC(O)c3ccc(O)c4[nH]c(=O)ccc34)c(F)c2)cc1COc1cccc(C(NC(=O)OC2CN3CCC2CC3)c2ccccc2)c1. The van der Waals surface area contributed by atoms with E-state index in [-0.39, 0.29) is 54.9 Å². The highest BCUT2D eigenvalue weighted by Crippen LogP contribution is 2.31. The van der Waals surface area contributed by atoms with Gasteiger partial charge in [-0.3, -0.25) is 19.2 Å². The number of aliphatic hydroxyl groups excluding tert-OH is 1. The Morgan fingerprint density at radius 2 is 1.75 bits per heavy atom. The van der Waals surface area contributed by atoms with Crippen molar-refractivity contribution in [3.05, 3.63) is 159 Å². The average molecular weight is 830 g/mol. The van der Waals surface area contributed by atoms with Crippen LogP contribution in [0.15, 0.2) is 108 Å². The van der Waals surface area contributed by atoms with Gasteiger partial charge in [-0.2, -0.15) is 5.10 Å². The van der Waals surface area contributed by atoms with E-state index in [4.69, 9.17) is 9.47 Å². The number of ether oxygens (including phenoxy) is 2. The van der Waals surface area contributed by atoms with Crippen molar-refractivity contribution in [2.45, 2.75) is 50.8 Å². The van der Waals surface area contributed by atoms with Crippen LogP contribution in [0.2, 0.25) is 0 Å². The van der Waals surface area contributed by atoms with Gasteiger partial charge in [0.25, 0.3) is 5.91 Å². The molecule has 6 aromatic rings. The number of rotatable bonds is 15. The highest BCUT2D eigenvalue weighted by Gasteiger charge is 2.37. The van der Waals surface area contributed by atoms with Gasteiger partial charge in [-0.15, -0.1) is 0 Å². The first-order valence-electron chi connectivity index (χ1n) is 20.4. The first kappa shape index (κ1) is 41.2. The van der Waals surface area contributed by atoms with Crippen LogP contribution in [0.5, 0.6) is 11.5 Å². The molecule has 316 valence electrons. The number of nitrogens with one attached hydrogen (secondary N) is 4. The van der Waals surface area contributed by atoms with Gasteiger partial charge < -0.3 is 40.6 Å². The number of piperidine rings is 3. The Hall–Kier alpha value is -6.55. The summed E-state index contributed by atoms with van der Waals surface area (Å²) in [6.07, 6.45) is 0.531. The molecule has 2 bridgehead atoms. The predicted molar refractivity (Wildman–Crippen MR) is 225 cm³/mol. The molecule has 3 aliphatic rings. The van der Waals surface area contributed by atoms with Crippen LogP contribution in [0.25, 0.3) is 10.9 Å². The molecule has 5 heterocycles. The summed E-state index contributed by atoms with van der Waals surface area (Å²) in [5, 5.41) is 34.8. The minimum Gasteiger partial charge on any atom is -0.506 e. The number of carbonyl (C=O) groups is 2. The van der Waals surface area contributed by atoms with Crippen molar-refractivity contribution in [1.82, 2.24) is 35.6 Å². The first-order valence-corrected chi connectivity index (χ1v) is 20.4. The summed E-state index contributed by atoms with van der Waals surface area (Å²) < 4.78 is 28.8. The Bertz CT molecular complexity index is 2570. The van der Waals surface area contributed by atoms with Crippen molar-refractivity contribution in [3.8, 4) is 11.5 Å². The van der Waals surface area contributed by atoms with Gasteiger partial charge in [0.1, 0.15) is 30.0 Å². The van der Waals surface area contributed by atoms with Gasteiger partial charge in [0, 0.05) is 50.2 Å². The second kappa shape index (κ2) is 18.4. The largest absolute Gasteiger partial charge is 0.506 e. The minimum atomic E-state index is -0.991. The second-order valence-electron chi connectivity index (χ2n) is 15.6. The lowest BCUT2D eigenvalue weighted by atomic mass is 9.86. The second-order valence-corrected chi connectivity index (χ2v) is 15.6. The number of carbonyl (C=O) groups excluding carboxylic acids is 2. The van der Waals surface area contributed by atoms with Gasteiger partial charge >= 0.3 is 6.09 Å². The van der Waals surface area contributed by atoms with Crippen LogP contribution >= 0.6 is 0 Å². The standard InChI is InChI=1S/C46H48FN7O7/c1-53-33(27-60-34-9-5-8-31(21-34)43(30-6-3-2-4-7-30)51-46(59)61-41-26-54-18-16-29(41)17-19-54)22-38(52-53)45(58)49-23-28-10-11-32(37(47)20-28)24-48-25-40(56)35-12-14-39(55)44-36(35)13-15-42(57)50-44/h2-15,20-22,29,40-41,43,48,55-56H,16-19,23-27H2,1H3,(H,49,58)(H,50,57)(H,51,59). The van der Waals surface area contributed by atoms with Gasteiger partial charge in [0.15, 0.2) is 5.69 Å². The maximum Gasteiger partial charge on any atom is 0.408 e. The number of aromatic hydroxyl groups is 1. The van der Waals surface area contributed by atoms with Crippen molar-refractivity contribution in [1.29, 1.82) is 0 Å². The minimum absolute atomic E-state index is 0.0667. The molecule has 15 heteroatoms. The lowest BCUT2D eigenvalue weighted by molar-refractivity contribution is -0.0336. The molecular formula is C46H48FN7O7. The van der Waals surface area contributed by atoms with Gasteiger partial charge in [-0.25, -0.2) is 9.18 Å². The van der Waals surface area contributed by atoms with Crippen LogP contribution in [0.4, 0.5) is 9.18 Å². The number of halogens is 1. The van der Waals surface area contributed by atoms with Crippen molar-refractivity contribution < 1.29 is 33.7 Å². The van der Waals surface area contributed by atoms with E-state index in [9.17, 15) is 24.6 Å². The fraction of sp³-hybridized carbons (Fsp3) is 0.304. The zero-order valence-electron chi connectivity index (χ0n) is 33.6. The number of hydrogen-bond acceptors (Lipinski definition) is 10. The number of pyridine rings is 1. The number of aromatic nitrogens is 3. The summed E-state index contributed by atoms with van der Waals surface area (Å²) in [6.45, 7) is 3.29. The summed E-state index contributed by atoms with van der Waals surface area (Å²) in [5.74, 6) is -0.0498. The van der Waals surface area contributed by atoms with Crippen molar-refractivity contribution in [2.75, 3.05) is 26.2 Å². The number of nitrogens with zero attached hydrogens (tertiary/aromatic N) is 3. The van der Waals surface area contributed by atoms with E-state index in [1.807, 2.05) is 54.6 Å². The van der Waals surface area contributed by atoms with Crippen LogP contribution in [0, 0.1) is 11.7 Å². The molecule has 4 aromatic carbocycles. The molecule has 3 atom stereocenters. The van der Waals surface area contributed by atoms with Crippen molar-refractivity contribution in [3.63, 3.8) is 0 Å². The zero-order chi connectivity index (χ0) is 42.5. The van der Waals surface area contributed by atoms with E-state index < -0.39 is 30.0 Å². The van der Waals surface area contributed by atoms with Crippen molar-refractivity contribution in [2.24, 2.45) is 13.0 Å². The number of alkyl carbamates (subject to hydrolysis) is 1. The van der Waals surface area contributed by atoms with E-state index >= 15 is 4.39 Å². The number of amides is 2. The lowest BCUT2D eigenvalue weighted by Crippen LogP contribution is -2.52. The summed E-state index contributed by atoms with van der Waals surface area (Å²) in [6, 6.07) is 28.9. The molecule has 3 fully saturated rings. The number of H-pyrrole nitrogens is 1. The Labute approximate surface area is 351 Å². The highest BCUT2D eigenvalue weighted by molar-refractivity contribution is 5.92. The summed E-state index contributed by atoms with van der Waals surface area (Å²) in [4.78, 5) is 43.0. The van der Waals surface area contributed by atoms with Crippen LogP contribution in [-0.2, 0) is 31.5 Å². The fourth-order valence-corrected chi connectivity index (χ4v) is 8.15. The maximum absolute atomic E-state index is 15.1. The quantitative estimate of drug-likeness (QED) is 0.0790. The van der Waals surface area contributed by atoms with Crippen LogP contribution < -0.4 is 26.2 Å². The van der Waals surface area contributed by atoms with Gasteiger partial charge in [0.2, 0.25) is 5.56 Å². The molecule has 2 aromatic heterocycles. The van der Waals surface area contributed by atoms with Crippen LogP contribution in [-0.4, -0.2) is 74.2 Å². The molecular weight excluding hydrogens is 782 g/mol. The molecule has 3 aliphatic heterocycles. The topological polar surface area (TPSA) is 183 Å². The molecule has 0 aliphatic carbocycles. The molecule has 3 saturated heterocycles. The molecule has 3 unspecified atom stereocenters. The average Bonchev–Trinajstić information content (AvgIpc) is 3.65. The zero-order valence-corrected chi connectivity index (χ0v) is 33.6. The predicted octanol–water partition coefficient (Wildman–Crippen LogP) is 5.35. The lowest BCUT2D eigenvalue weighted by Gasteiger charge is -2.43. The number of phenolic OH excluding ortho intramolecular Hbond substituents is 1. The van der Waals surface area contributed by atoms with Gasteiger partial charge in [0.05, 0.1) is 23.4 Å². The Morgan fingerprint density at radius 3 is 2.52 bits per heavy atom. The summed E-state index contributed by atoms with van der Waals surface area (Å²) in [5.41, 5.74) is 3.83. The molecule has 6 N–H and O–H groups in total. The molecule has 14 nitrogen and oxygen atoms in total. The number of aliphatic hydroxyl groups is 1. The van der Waals surface area contributed by atoms with E-state index in [0.29, 0.717) is 39.4 Å². The number of benzene rings is 4. The normalized spacial score (nSPS) is 18.0. The molecule has 0 radical (unpaired) electrons. The van der Waals surface area contributed by atoms with E-state index in [1.54, 1.807) is 36.0 Å². The van der Waals surface area contributed by atoms with Crippen LogP contribution in [0.3, 0.4) is 0 Å². The number of aromatic amines is 1. The molecule has 0 spiro atoms. The fourth-order valence-electron chi connectivity index (χ4n) is 8.15. The van der Waals surface area contributed by atoms with Crippen LogP contribution in [0.1, 0.15) is 69.0 Å². The maximum atomic E-state index is 15.1. The molecule has 9 rings (SSSR count). The summed E-state index contributed by atoms with van der Waals surface area (Å²) in [7, 11) is 1.72. The van der Waals surface area contributed by atoms with Gasteiger partial charge in [-0.1, -0.05) is 60.7 Å². The third-order valence-corrected chi connectivity index (χ3v) is 11.5. The Balaban J connectivity index is 0.835. The number of phenols is 1. The Morgan fingerprint density at radius 1 is 0.951 bits per heavy atom. The molecule has 2 amide bonds. The molecule has 0 saturated carbocycles. The molecule has 61 heavy (non-hydrogen) atoms. The Kier molecular flexibility index (Phi) is 12.4. The summed E-state index contributed by atoms with van der Waals surface area (Å²) >= 11 is 0. The first-order chi connectivity index (χ1) is 29.6. The smallest absolute Gasteiger partial charge is 0.408 e. The van der Waals surface area contributed by atoms with Crippen molar-refractivity contribution >= 4 is 22.9 Å². The van der Waals surface area contributed by atoms with Gasteiger partial charge in [-0.05, 0) is 90.5 Å². The number of hydrogen-bond donors (Lipinski definition) is 6. The third-order valence-electron chi connectivity index (χ3n) is 11.5. The van der Waals surface area contributed by atoms with E-state index in [2.05, 4.69) is 30.9 Å². The number of aryl methyl sites for hydroxylation is 1. The van der Waals surface area contributed by atoms with E-state index in [1.165, 1.54) is 24.3 Å². The number of fused-ring (bicyclic) bond motifs is 4.